The largest absolute Gasteiger partial charge is 0.393 e. The van der Waals surface area contributed by atoms with Gasteiger partial charge in [-0.1, -0.05) is 13.8 Å². The number of halogens is 3. The Kier molecular flexibility index (Phi) is 4.83. The summed E-state index contributed by atoms with van der Waals surface area (Å²) in [5.74, 6) is 1.44. The molecule has 0 bridgehead atoms. The number of hydrogen-bond donors (Lipinski definition) is 1. The van der Waals surface area contributed by atoms with Crippen LogP contribution >= 0.6 is 11.3 Å². The quantitative estimate of drug-likeness (QED) is 0.811. The molecule has 4 nitrogen and oxygen atoms in total. The minimum atomic E-state index is -4.20. The Bertz CT molecular complexity index is 811. The molecule has 1 saturated heterocycles. The highest BCUT2D eigenvalue weighted by atomic mass is 32.1. The molecule has 2 fully saturated rings. The van der Waals surface area contributed by atoms with Crippen LogP contribution in [0, 0.1) is 11.3 Å². The zero-order chi connectivity index (χ0) is 19.2. The topological polar surface area (TPSA) is 41.0 Å². The predicted molar refractivity (Wildman–Crippen MR) is 102 cm³/mol. The molecule has 8 heteroatoms. The molecule has 2 aromatic heterocycles. The molecule has 0 amide bonds. The van der Waals surface area contributed by atoms with Gasteiger partial charge in [0.1, 0.15) is 17.0 Å². The van der Waals surface area contributed by atoms with E-state index in [4.69, 9.17) is 0 Å². The van der Waals surface area contributed by atoms with Crippen LogP contribution in [-0.2, 0) is 6.42 Å². The molecule has 2 aromatic rings. The molecule has 1 aliphatic heterocycles. The van der Waals surface area contributed by atoms with Crippen LogP contribution in [0.1, 0.15) is 38.0 Å². The number of fused-ring (bicyclic) bond motifs is 1. The number of nitrogens with one attached hydrogen (secondary N) is 1. The maximum absolute atomic E-state index is 12.7. The second kappa shape index (κ2) is 6.88. The van der Waals surface area contributed by atoms with E-state index in [2.05, 4.69) is 34.0 Å². The number of anilines is 1. The van der Waals surface area contributed by atoms with Crippen molar-refractivity contribution in [3.05, 3.63) is 17.3 Å². The van der Waals surface area contributed by atoms with Gasteiger partial charge in [0.15, 0.2) is 0 Å². The highest BCUT2D eigenvalue weighted by Gasteiger charge is 2.48. The van der Waals surface area contributed by atoms with Crippen molar-refractivity contribution in [2.75, 3.05) is 24.5 Å². The molecule has 1 aliphatic carbocycles. The lowest BCUT2D eigenvalue weighted by molar-refractivity contribution is -0.126. The first-order chi connectivity index (χ1) is 12.7. The number of nitrogens with zero attached hydrogens (tertiary/aromatic N) is 3. The average molecular weight is 398 g/mol. The Morgan fingerprint density at radius 1 is 1.33 bits per heavy atom. The van der Waals surface area contributed by atoms with Gasteiger partial charge in [0.2, 0.25) is 0 Å². The average Bonchev–Trinajstić information content (AvgIpc) is 3.13. The van der Waals surface area contributed by atoms with Gasteiger partial charge < -0.3 is 10.2 Å². The van der Waals surface area contributed by atoms with Crippen molar-refractivity contribution in [2.24, 2.45) is 11.3 Å². The Morgan fingerprint density at radius 2 is 2.11 bits per heavy atom. The first kappa shape index (κ1) is 18.9. The van der Waals surface area contributed by atoms with Crippen LogP contribution in [-0.4, -0.2) is 41.8 Å². The molecule has 2 aliphatic rings. The van der Waals surface area contributed by atoms with Crippen LogP contribution in [0.5, 0.6) is 0 Å². The van der Waals surface area contributed by atoms with E-state index in [1.165, 1.54) is 19.2 Å². The molecule has 4 rings (SSSR count). The third-order valence-corrected chi connectivity index (χ3v) is 6.69. The standard InChI is InChI=1S/C19H25F3N4S/c1-12(2)9-23-13-6-18(7-13)3-4-26(10-18)16-15-5-14(8-19(20,21)22)27-17(15)25-11-24-16/h5,11-13,23H,3-4,6-10H2,1-2H3. The summed E-state index contributed by atoms with van der Waals surface area (Å²) in [6.45, 7) is 7.32. The zero-order valence-corrected chi connectivity index (χ0v) is 16.5. The zero-order valence-electron chi connectivity index (χ0n) is 15.6. The molecule has 0 radical (unpaired) electrons. The third-order valence-electron chi connectivity index (χ3n) is 5.65. The predicted octanol–water partition coefficient (Wildman–Crippen LogP) is 4.40. The molecule has 1 spiro atoms. The van der Waals surface area contributed by atoms with Gasteiger partial charge in [-0.2, -0.15) is 13.2 Å². The molecule has 1 saturated carbocycles. The Balaban J connectivity index is 1.46. The summed E-state index contributed by atoms with van der Waals surface area (Å²) in [5, 5.41) is 4.39. The summed E-state index contributed by atoms with van der Waals surface area (Å²) < 4.78 is 38.2. The summed E-state index contributed by atoms with van der Waals surface area (Å²) in [6, 6.07) is 2.22. The molecule has 27 heavy (non-hydrogen) atoms. The third kappa shape index (κ3) is 4.06. The number of rotatable bonds is 5. The fourth-order valence-electron chi connectivity index (χ4n) is 4.41. The molecular weight excluding hydrogens is 373 g/mol. The van der Waals surface area contributed by atoms with Crippen molar-refractivity contribution in [3.63, 3.8) is 0 Å². The van der Waals surface area contributed by atoms with E-state index in [1.54, 1.807) is 6.07 Å². The lowest BCUT2D eigenvalue weighted by Gasteiger charge is -2.46. The maximum atomic E-state index is 12.7. The van der Waals surface area contributed by atoms with Gasteiger partial charge in [-0.25, -0.2) is 9.97 Å². The van der Waals surface area contributed by atoms with Gasteiger partial charge >= 0.3 is 6.18 Å². The van der Waals surface area contributed by atoms with E-state index >= 15 is 0 Å². The normalized spacial score (nSPS) is 25.7. The van der Waals surface area contributed by atoms with Crippen LogP contribution in [0.15, 0.2) is 12.4 Å². The second-order valence-electron chi connectivity index (χ2n) is 8.50. The Labute approximate surface area is 161 Å². The summed E-state index contributed by atoms with van der Waals surface area (Å²) in [4.78, 5) is 11.8. The minimum Gasteiger partial charge on any atom is -0.355 e. The molecule has 148 valence electrons. The smallest absolute Gasteiger partial charge is 0.355 e. The van der Waals surface area contributed by atoms with E-state index in [0.717, 1.165) is 48.6 Å². The van der Waals surface area contributed by atoms with Gasteiger partial charge in [0, 0.05) is 24.0 Å². The van der Waals surface area contributed by atoms with Gasteiger partial charge in [-0.15, -0.1) is 11.3 Å². The molecule has 3 heterocycles. The first-order valence-electron chi connectivity index (χ1n) is 9.52. The van der Waals surface area contributed by atoms with Crippen molar-refractivity contribution >= 4 is 27.4 Å². The van der Waals surface area contributed by atoms with Crippen LogP contribution in [0.25, 0.3) is 10.2 Å². The number of alkyl halides is 3. The number of thiophene rings is 1. The van der Waals surface area contributed by atoms with Gasteiger partial charge in [0.05, 0.1) is 11.8 Å². The van der Waals surface area contributed by atoms with E-state index in [-0.39, 0.29) is 0 Å². The molecule has 1 N–H and O–H groups in total. The van der Waals surface area contributed by atoms with Crippen molar-refractivity contribution in [1.82, 2.24) is 15.3 Å². The summed E-state index contributed by atoms with van der Waals surface area (Å²) in [7, 11) is 0. The van der Waals surface area contributed by atoms with E-state index in [1.807, 2.05) is 0 Å². The molecule has 0 unspecified atom stereocenters. The summed E-state index contributed by atoms with van der Waals surface area (Å²) in [6.07, 6.45) is -0.153. The Morgan fingerprint density at radius 3 is 2.81 bits per heavy atom. The van der Waals surface area contributed by atoms with Gasteiger partial charge in [0.25, 0.3) is 0 Å². The van der Waals surface area contributed by atoms with Crippen LogP contribution in [0.4, 0.5) is 19.0 Å². The van der Waals surface area contributed by atoms with Crippen molar-refractivity contribution < 1.29 is 13.2 Å². The maximum Gasteiger partial charge on any atom is 0.393 e. The highest BCUT2D eigenvalue weighted by molar-refractivity contribution is 7.18. The molecule has 0 atom stereocenters. The van der Waals surface area contributed by atoms with Gasteiger partial charge in [-0.3, -0.25) is 0 Å². The van der Waals surface area contributed by atoms with Crippen molar-refractivity contribution in [1.29, 1.82) is 0 Å². The Hall–Kier alpha value is -1.41. The summed E-state index contributed by atoms with van der Waals surface area (Å²) in [5.41, 5.74) is 0.330. The van der Waals surface area contributed by atoms with Crippen molar-refractivity contribution in [3.8, 4) is 0 Å². The minimum absolute atomic E-state index is 0.301. The lowest BCUT2D eigenvalue weighted by Crippen LogP contribution is -2.51. The fourth-order valence-corrected chi connectivity index (χ4v) is 5.43. The van der Waals surface area contributed by atoms with Crippen molar-refractivity contribution in [2.45, 2.75) is 51.7 Å². The van der Waals surface area contributed by atoms with Crippen LogP contribution in [0.3, 0.4) is 0 Å². The SMILES string of the molecule is CC(C)CNC1CC2(CCN(c3ncnc4sc(CC(F)(F)F)cc34)C2)C1. The molecular formula is C19H25F3N4S. The number of aromatic nitrogens is 2. The van der Waals surface area contributed by atoms with E-state index in [9.17, 15) is 13.2 Å². The highest BCUT2D eigenvalue weighted by Crippen LogP contribution is 2.49. The fraction of sp³-hybridized carbons (Fsp3) is 0.684. The van der Waals surface area contributed by atoms with Gasteiger partial charge in [-0.05, 0) is 43.2 Å². The first-order valence-corrected chi connectivity index (χ1v) is 10.3. The van der Waals surface area contributed by atoms with E-state index in [0.29, 0.717) is 27.1 Å². The number of hydrogen-bond acceptors (Lipinski definition) is 5. The van der Waals surface area contributed by atoms with Crippen LogP contribution in [0.2, 0.25) is 0 Å². The lowest BCUT2D eigenvalue weighted by atomic mass is 9.65. The molecule has 0 aromatic carbocycles. The van der Waals surface area contributed by atoms with E-state index < -0.39 is 12.6 Å². The monoisotopic (exact) mass is 398 g/mol. The van der Waals surface area contributed by atoms with Crippen LogP contribution < -0.4 is 10.2 Å². The summed E-state index contributed by atoms with van der Waals surface area (Å²) >= 11 is 1.12. The second-order valence-corrected chi connectivity index (χ2v) is 9.61.